The van der Waals surface area contributed by atoms with Crippen molar-refractivity contribution < 1.29 is 0 Å². The molecular formula is C20H21N3O. The first kappa shape index (κ1) is 17.2. The Labute approximate surface area is 142 Å². The molecule has 0 aliphatic rings. The molecule has 0 bridgehead atoms. The van der Waals surface area contributed by atoms with Crippen LogP contribution in [0.3, 0.4) is 0 Å². The Morgan fingerprint density at radius 3 is 1.71 bits per heavy atom. The molecule has 0 fully saturated rings. The minimum atomic E-state index is 0.469. The molecule has 0 saturated carbocycles. The van der Waals surface area contributed by atoms with Gasteiger partial charge in [0.1, 0.15) is 5.69 Å². The molecule has 122 valence electrons. The Hall–Kier alpha value is -3.14. The number of anilines is 3. The zero-order valence-electron chi connectivity index (χ0n) is 13.9. The number of hydrogen-bond acceptors (Lipinski definition) is 4. The van der Waals surface area contributed by atoms with Gasteiger partial charge in [0.25, 0.3) is 0 Å². The number of nitrogens with two attached hydrogens (primary N) is 1. The Kier molecular flexibility index (Phi) is 6.08. The largest absolute Gasteiger partial charge is 0.399 e. The second-order valence-corrected chi connectivity index (χ2v) is 5.37. The summed E-state index contributed by atoms with van der Waals surface area (Å²) in [6, 6.07) is 23.6. The van der Waals surface area contributed by atoms with Crippen LogP contribution in [0.5, 0.6) is 0 Å². The van der Waals surface area contributed by atoms with Crippen molar-refractivity contribution in [2.75, 3.05) is 11.1 Å². The summed E-state index contributed by atoms with van der Waals surface area (Å²) in [4.78, 5) is 10.2. The summed E-state index contributed by atoms with van der Waals surface area (Å²) in [5.41, 5.74) is 10.8. The van der Waals surface area contributed by atoms with Gasteiger partial charge in [-0.1, -0.05) is 36.4 Å². The average Bonchev–Trinajstić information content (AvgIpc) is 2.62. The van der Waals surface area contributed by atoms with E-state index in [0.717, 1.165) is 22.5 Å². The molecule has 0 aliphatic heterocycles. The van der Waals surface area contributed by atoms with Crippen molar-refractivity contribution in [1.29, 1.82) is 0 Å². The fraction of sp³-hybridized carbons (Fsp3) is 0.100. The van der Waals surface area contributed by atoms with E-state index in [-0.39, 0.29) is 0 Å². The minimum absolute atomic E-state index is 0.469. The molecule has 0 spiro atoms. The molecule has 0 amide bonds. The number of benzene rings is 3. The quantitative estimate of drug-likeness (QED) is 0.479. The van der Waals surface area contributed by atoms with E-state index in [2.05, 4.69) is 10.5 Å². The van der Waals surface area contributed by atoms with E-state index in [1.54, 1.807) is 12.1 Å². The van der Waals surface area contributed by atoms with E-state index in [1.807, 2.05) is 74.5 Å². The molecule has 3 N–H and O–H groups in total. The highest BCUT2D eigenvalue weighted by atomic mass is 16.3. The molecule has 0 heterocycles. The summed E-state index contributed by atoms with van der Waals surface area (Å²) in [5.74, 6) is 0. The Balaban J connectivity index is 0.000000177. The van der Waals surface area contributed by atoms with Crippen LogP contribution in [0.25, 0.3) is 0 Å². The summed E-state index contributed by atoms with van der Waals surface area (Å²) < 4.78 is 0. The lowest BCUT2D eigenvalue weighted by atomic mass is 10.1. The summed E-state index contributed by atoms with van der Waals surface area (Å²) >= 11 is 0. The molecular weight excluding hydrogens is 298 g/mol. The van der Waals surface area contributed by atoms with Crippen LogP contribution >= 0.6 is 0 Å². The van der Waals surface area contributed by atoms with E-state index < -0.39 is 0 Å². The van der Waals surface area contributed by atoms with Gasteiger partial charge in [-0.25, -0.2) is 0 Å². The highest BCUT2D eigenvalue weighted by Crippen LogP contribution is 2.25. The van der Waals surface area contributed by atoms with Gasteiger partial charge in [0.15, 0.2) is 0 Å². The lowest BCUT2D eigenvalue weighted by molar-refractivity contribution is 1.31. The molecule has 0 aliphatic carbocycles. The van der Waals surface area contributed by atoms with Crippen molar-refractivity contribution in [1.82, 2.24) is 0 Å². The van der Waals surface area contributed by atoms with E-state index in [0.29, 0.717) is 11.4 Å². The number of nitrogens with zero attached hydrogens (tertiary/aromatic N) is 1. The maximum absolute atomic E-state index is 10.2. The van der Waals surface area contributed by atoms with Crippen LogP contribution in [-0.2, 0) is 0 Å². The Morgan fingerprint density at radius 2 is 1.25 bits per heavy atom. The van der Waals surface area contributed by atoms with E-state index in [4.69, 9.17) is 5.73 Å². The standard InChI is InChI=1S/C12H11N.C8H10N2O/c1-3-7-11(8-4-1)13-12-9-5-2-6-10-12;1-5-6(2)8(10-11)4-3-7(5)9/h1-10,13H;3-4H,9H2,1-2H3. The van der Waals surface area contributed by atoms with Gasteiger partial charge in [0.05, 0.1) is 0 Å². The molecule has 3 aromatic rings. The van der Waals surface area contributed by atoms with Gasteiger partial charge in [-0.05, 0) is 66.5 Å². The normalized spacial score (nSPS) is 9.58. The van der Waals surface area contributed by atoms with E-state index in [9.17, 15) is 4.91 Å². The van der Waals surface area contributed by atoms with Gasteiger partial charge >= 0.3 is 0 Å². The number of nitroso groups, excluding NO2 is 1. The summed E-state index contributed by atoms with van der Waals surface area (Å²) in [5, 5.41) is 6.17. The van der Waals surface area contributed by atoms with Gasteiger partial charge in [0.2, 0.25) is 0 Å². The summed E-state index contributed by atoms with van der Waals surface area (Å²) in [7, 11) is 0. The second-order valence-electron chi connectivity index (χ2n) is 5.37. The second kappa shape index (κ2) is 8.48. The fourth-order valence-corrected chi connectivity index (χ4v) is 2.14. The Bertz CT molecular complexity index is 749. The van der Waals surface area contributed by atoms with Crippen molar-refractivity contribution in [3.05, 3.63) is 88.8 Å². The zero-order chi connectivity index (χ0) is 17.4. The molecule has 4 nitrogen and oxygen atoms in total. The predicted octanol–water partition coefficient (Wildman–Crippen LogP) is 5.71. The number of nitrogens with one attached hydrogen (secondary N) is 1. The SMILES string of the molecule is Cc1c(N)ccc(N=O)c1C.c1ccc(Nc2ccccc2)cc1. The lowest BCUT2D eigenvalue weighted by Gasteiger charge is -2.04. The maximum Gasteiger partial charge on any atom is 0.111 e. The van der Waals surface area contributed by atoms with Crippen LogP contribution < -0.4 is 11.1 Å². The summed E-state index contributed by atoms with van der Waals surface area (Å²) in [6.45, 7) is 3.71. The van der Waals surface area contributed by atoms with Crippen molar-refractivity contribution in [3.63, 3.8) is 0 Å². The van der Waals surface area contributed by atoms with Crippen LogP contribution in [0.1, 0.15) is 11.1 Å². The third kappa shape index (κ3) is 4.68. The van der Waals surface area contributed by atoms with Crippen LogP contribution in [0.15, 0.2) is 78.0 Å². The van der Waals surface area contributed by atoms with Gasteiger partial charge in [0, 0.05) is 17.1 Å². The van der Waals surface area contributed by atoms with Gasteiger partial charge < -0.3 is 11.1 Å². The third-order valence-corrected chi connectivity index (χ3v) is 3.74. The molecule has 4 heteroatoms. The average molecular weight is 319 g/mol. The van der Waals surface area contributed by atoms with E-state index >= 15 is 0 Å². The monoisotopic (exact) mass is 319 g/mol. The molecule has 0 aromatic heterocycles. The first-order valence-electron chi connectivity index (χ1n) is 7.68. The van der Waals surface area contributed by atoms with E-state index in [1.165, 1.54) is 0 Å². The molecule has 3 rings (SSSR count). The lowest BCUT2D eigenvalue weighted by Crippen LogP contribution is -1.91. The molecule has 0 unspecified atom stereocenters. The van der Waals surface area contributed by atoms with Gasteiger partial charge in [-0.15, -0.1) is 4.91 Å². The van der Waals surface area contributed by atoms with Crippen molar-refractivity contribution in [2.24, 2.45) is 5.18 Å². The van der Waals surface area contributed by atoms with Crippen LogP contribution in [0, 0.1) is 18.8 Å². The topological polar surface area (TPSA) is 67.5 Å². The van der Waals surface area contributed by atoms with Gasteiger partial charge in [-0.2, -0.15) is 0 Å². The third-order valence-electron chi connectivity index (χ3n) is 3.74. The number of rotatable bonds is 3. The molecule has 0 radical (unpaired) electrons. The fourth-order valence-electron chi connectivity index (χ4n) is 2.14. The molecule has 0 atom stereocenters. The first-order valence-corrected chi connectivity index (χ1v) is 7.68. The van der Waals surface area contributed by atoms with Crippen molar-refractivity contribution >= 4 is 22.7 Å². The number of para-hydroxylation sites is 2. The van der Waals surface area contributed by atoms with Crippen molar-refractivity contribution in [3.8, 4) is 0 Å². The van der Waals surface area contributed by atoms with Crippen LogP contribution in [-0.4, -0.2) is 0 Å². The van der Waals surface area contributed by atoms with Crippen molar-refractivity contribution in [2.45, 2.75) is 13.8 Å². The maximum atomic E-state index is 10.2. The summed E-state index contributed by atoms with van der Waals surface area (Å²) in [6.07, 6.45) is 0. The minimum Gasteiger partial charge on any atom is -0.399 e. The molecule has 24 heavy (non-hydrogen) atoms. The zero-order valence-corrected chi connectivity index (χ0v) is 13.9. The molecule has 3 aromatic carbocycles. The Morgan fingerprint density at radius 1 is 0.750 bits per heavy atom. The smallest absolute Gasteiger partial charge is 0.111 e. The number of hydrogen-bond donors (Lipinski definition) is 2. The molecule has 0 saturated heterocycles. The first-order chi connectivity index (χ1) is 11.6. The van der Waals surface area contributed by atoms with Gasteiger partial charge in [-0.3, -0.25) is 0 Å². The van der Waals surface area contributed by atoms with Crippen LogP contribution in [0.4, 0.5) is 22.7 Å². The highest BCUT2D eigenvalue weighted by molar-refractivity contribution is 5.60. The predicted molar refractivity (Wildman–Crippen MR) is 102 cm³/mol. The number of nitrogen functional groups attached to an aromatic ring is 1. The van der Waals surface area contributed by atoms with Crippen LogP contribution in [0.2, 0.25) is 0 Å². The highest BCUT2D eigenvalue weighted by Gasteiger charge is 2.02.